The van der Waals surface area contributed by atoms with Crippen LogP contribution in [0.2, 0.25) is 32.8 Å². The molecule has 0 saturated heterocycles. The van der Waals surface area contributed by atoms with Gasteiger partial charge in [0.05, 0.1) is 0 Å². The Morgan fingerprint density at radius 2 is 1.25 bits per heavy atom. The zero-order valence-electron chi connectivity index (χ0n) is 20.6. The molecule has 0 amide bonds. The van der Waals surface area contributed by atoms with E-state index in [4.69, 9.17) is 0 Å². The molecule has 1 aromatic rings. The Bertz CT molecular complexity index is 780. The van der Waals surface area contributed by atoms with E-state index in [9.17, 15) is 0 Å². The summed E-state index contributed by atoms with van der Waals surface area (Å²) in [6.07, 6.45) is 2.28. The topological polar surface area (TPSA) is 0 Å². The van der Waals surface area contributed by atoms with Crippen LogP contribution in [0.1, 0.15) is 66.5 Å². The summed E-state index contributed by atoms with van der Waals surface area (Å²) < 4.78 is 1.90. The minimum absolute atomic E-state index is 0.278. The first-order valence-electron chi connectivity index (χ1n) is 11.5. The van der Waals surface area contributed by atoms with Crippen LogP contribution in [-0.4, -0.2) is 8.07 Å². The van der Waals surface area contributed by atoms with Crippen molar-refractivity contribution in [2.75, 3.05) is 0 Å². The summed E-state index contributed by atoms with van der Waals surface area (Å²) in [7, 11) is -1.79. The molecular formula is C26H44SiTi. The van der Waals surface area contributed by atoms with E-state index in [0.717, 1.165) is 12.8 Å². The van der Waals surface area contributed by atoms with Gasteiger partial charge in [0.2, 0.25) is 0 Å². The van der Waals surface area contributed by atoms with Gasteiger partial charge in [-0.1, -0.05) is 0 Å². The van der Waals surface area contributed by atoms with Crippen LogP contribution in [0, 0.1) is 0 Å². The van der Waals surface area contributed by atoms with Crippen molar-refractivity contribution >= 4 is 13.3 Å². The molecule has 0 radical (unpaired) electrons. The predicted octanol–water partition coefficient (Wildman–Crippen LogP) is 8.19. The number of rotatable bonds is 7. The van der Waals surface area contributed by atoms with Gasteiger partial charge in [-0.2, -0.15) is 0 Å². The summed E-state index contributed by atoms with van der Waals surface area (Å²) in [4.78, 5) is 0. The summed E-state index contributed by atoms with van der Waals surface area (Å²) in [5.41, 5.74) is 8.00. The molecule has 1 aliphatic carbocycles. The van der Waals surface area contributed by atoms with Crippen LogP contribution in [0.3, 0.4) is 0 Å². The van der Waals surface area contributed by atoms with E-state index in [1.165, 1.54) is 23.2 Å². The van der Waals surface area contributed by atoms with Gasteiger partial charge in [-0.15, -0.1) is 0 Å². The molecule has 1 aliphatic rings. The first-order valence-corrected chi connectivity index (χ1v) is 19.4. The Morgan fingerprint density at radius 1 is 0.786 bits per heavy atom. The summed E-state index contributed by atoms with van der Waals surface area (Å²) in [6.45, 7) is 19.6. The molecule has 0 N–H and O–H groups in total. The maximum absolute atomic E-state index is 2.66. The van der Waals surface area contributed by atoms with Gasteiger partial charge in [-0.3, -0.25) is 0 Å². The van der Waals surface area contributed by atoms with E-state index in [1.807, 2.05) is 3.88 Å². The van der Waals surface area contributed by atoms with Crippen LogP contribution in [0.15, 0.2) is 38.8 Å². The second-order valence-corrected chi connectivity index (χ2v) is 23.1. The zero-order valence-corrected chi connectivity index (χ0v) is 23.1. The number of hydrogen-bond donors (Lipinski definition) is 0. The monoisotopic (exact) mass is 432 g/mol. The van der Waals surface area contributed by atoms with E-state index in [2.05, 4.69) is 89.3 Å². The molecule has 0 spiro atoms. The summed E-state index contributed by atoms with van der Waals surface area (Å²) >= 11 is -2.03. The van der Waals surface area contributed by atoms with Crippen LogP contribution in [0.5, 0.6) is 0 Å². The normalized spacial score (nSPS) is 21.1. The average molecular weight is 433 g/mol. The first-order chi connectivity index (χ1) is 12.9. The van der Waals surface area contributed by atoms with Crippen molar-refractivity contribution in [3.8, 4) is 0 Å². The fourth-order valence-electron chi connectivity index (χ4n) is 6.42. The molecular weight excluding hydrogens is 388 g/mol. The van der Waals surface area contributed by atoms with Crippen LogP contribution in [0.25, 0.3) is 0 Å². The molecule has 0 aromatic heterocycles. The molecule has 2 heteroatoms. The van der Waals surface area contributed by atoms with E-state index in [-0.39, 0.29) is 5.04 Å². The van der Waals surface area contributed by atoms with Crippen molar-refractivity contribution in [2.45, 2.75) is 101 Å². The van der Waals surface area contributed by atoms with Gasteiger partial charge in [-0.05, 0) is 0 Å². The number of hydrogen-bond acceptors (Lipinski definition) is 0. The summed E-state index contributed by atoms with van der Waals surface area (Å²) in [5.74, 6) is 0. The summed E-state index contributed by atoms with van der Waals surface area (Å²) in [5, 5.41) is 9.86. The third-order valence-corrected chi connectivity index (χ3v) is 18.5. The minimum atomic E-state index is -2.03. The van der Waals surface area contributed by atoms with Crippen molar-refractivity contribution in [3.05, 3.63) is 49.9 Å². The molecule has 1 atom stereocenters. The van der Waals surface area contributed by atoms with Gasteiger partial charge in [0.1, 0.15) is 0 Å². The van der Waals surface area contributed by atoms with E-state index < -0.39 is 24.7 Å². The Hall–Kier alpha value is -0.369. The number of benzene rings is 1. The molecule has 156 valence electrons. The molecule has 0 saturated carbocycles. The van der Waals surface area contributed by atoms with Crippen molar-refractivity contribution in [1.82, 2.24) is 0 Å². The molecule has 0 fully saturated rings. The second-order valence-electron chi connectivity index (χ2n) is 10.2. The number of aryl methyl sites for hydroxylation is 2. The molecule has 0 nitrogen and oxygen atoms in total. The molecule has 0 aliphatic heterocycles. The average Bonchev–Trinajstić information content (AvgIpc) is 2.83. The van der Waals surface area contributed by atoms with Gasteiger partial charge in [0.15, 0.2) is 0 Å². The molecule has 0 bridgehead atoms. The van der Waals surface area contributed by atoms with Gasteiger partial charge in [0, 0.05) is 0 Å². The third-order valence-electron chi connectivity index (χ3n) is 8.09. The Labute approximate surface area is 180 Å². The second kappa shape index (κ2) is 8.40. The molecule has 28 heavy (non-hydrogen) atoms. The Kier molecular flexibility index (Phi) is 7.17. The SMILES string of the molecule is CCc1cc(CC)cc([Si](CC)(CC)C2(C)C(C)=C(C)C(C)=[C]2[Ti]([CH3])([CH3])[CH3])c1. The van der Waals surface area contributed by atoms with E-state index >= 15 is 0 Å². The van der Waals surface area contributed by atoms with Gasteiger partial charge in [0.25, 0.3) is 0 Å². The molecule has 2 rings (SSSR count). The maximum atomic E-state index is 2.66. The standard InChI is InChI=1S/C23H35Si.3CH3.Ti/c1-9-20-13-21(10-2)15-22(14-20)24(11-3,12-4)23(8)16-17(5)18(6)19(23)7;;;;/h13-15H,9-12H2,1-8H3;3*1H3;. The Balaban J connectivity index is 2.92. The van der Waals surface area contributed by atoms with E-state index in [1.54, 1.807) is 21.9 Å². The van der Waals surface area contributed by atoms with Crippen LogP contribution >= 0.6 is 0 Å². The van der Waals surface area contributed by atoms with Crippen molar-refractivity contribution in [3.63, 3.8) is 0 Å². The van der Waals surface area contributed by atoms with Crippen molar-refractivity contribution < 1.29 is 16.6 Å². The van der Waals surface area contributed by atoms with Crippen LogP contribution < -0.4 is 5.19 Å². The Morgan fingerprint density at radius 3 is 1.61 bits per heavy atom. The first kappa shape index (κ1) is 23.9. The zero-order chi connectivity index (χ0) is 21.5. The van der Waals surface area contributed by atoms with Gasteiger partial charge >= 0.3 is 181 Å². The van der Waals surface area contributed by atoms with E-state index in [0.29, 0.717) is 0 Å². The number of allylic oxidation sites excluding steroid dienone is 4. The van der Waals surface area contributed by atoms with Gasteiger partial charge in [-0.25, -0.2) is 0 Å². The molecule has 1 unspecified atom stereocenters. The van der Waals surface area contributed by atoms with Crippen LogP contribution in [-0.2, 0) is 29.4 Å². The summed E-state index contributed by atoms with van der Waals surface area (Å²) in [6, 6.07) is 10.3. The quantitative estimate of drug-likeness (QED) is 0.381. The molecule has 1 aromatic carbocycles. The fourth-order valence-corrected chi connectivity index (χ4v) is 19.6. The predicted molar refractivity (Wildman–Crippen MR) is 129 cm³/mol. The van der Waals surface area contributed by atoms with Crippen molar-refractivity contribution in [2.24, 2.45) is 0 Å². The van der Waals surface area contributed by atoms with Crippen LogP contribution in [0.4, 0.5) is 0 Å². The van der Waals surface area contributed by atoms with Crippen molar-refractivity contribution in [1.29, 1.82) is 0 Å². The van der Waals surface area contributed by atoms with Gasteiger partial charge < -0.3 is 0 Å². The third kappa shape index (κ3) is 3.50. The molecule has 0 heterocycles. The fraction of sp³-hybridized carbons (Fsp3) is 0.615.